The summed E-state index contributed by atoms with van der Waals surface area (Å²) in [7, 11) is 1.12. The number of benzene rings is 1. The minimum absolute atomic E-state index is 0.0700. The van der Waals surface area contributed by atoms with Gasteiger partial charge in [-0.1, -0.05) is 6.07 Å². The van der Waals surface area contributed by atoms with Crippen molar-refractivity contribution in [2.75, 3.05) is 5.73 Å². The highest BCUT2D eigenvalue weighted by Crippen LogP contribution is 2.41. The zero-order valence-corrected chi connectivity index (χ0v) is 14.1. The Morgan fingerprint density at radius 1 is 1.27 bits per heavy atom. The van der Waals surface area contributed by atoms with Crippen LogP contribution in [0.2, 0.25) is 0 Å². The molecule has 0 spiro atoms. The van der Waals surface area contributed by atoms with Crippen molar-refractivity contribution in [1.29, 1.82) is 0 Å². The van der Waals surface area contributed by atoms with Gasteiger partial charge in [0.25, 0.3) is 5.91 Å². The summed E-state index contributed by atoms with van der Waals surface area (Å²) in [5.41, 5.74) is 10.9. The first-order chi connectivity index (χ1) is 12.0. The Morgan fingerprint density at radius 3 is 2.42 bits per heavy atom. The van der Waals surface area contributed by atoms with Gasteiger partial charge in [-0.05, 0) is 25.5 Å². The Kier molecular flexibility index (Phi) is 3.67. The number of nitrogen functional groups attached to an aromatic ring is 1. The lowest BCUT2D eigenvalue weighted by Crippen LogP contribution is -2.17. The van der Waals surface area contributed by atoms with Crippen molar-refractivity contribution in [2.45, 2.75) is 20.0 Å². The first kappa shape index (κ1) is 17.6. The molecule has 1 amide bonds. The zero-order valence-electron chi connectivity index (χ0n) is 14.1. The van der Waals surface area contributed by atoms with Crippen LogP contribution in [0.4, 0.5) is 19.0 Å². The van der Waals surface area contributed by atoms with Crippen molar-refractivity contribution in [3.63, 3.8) is 0 Å². The number of alkyl halides is 3. The van der Waals surface area contributed by atoms with Gasteiger partial charge in [-0.2, -0.15) is 18.3 Å². The third kappa shape index (κ3) is 2.29. The minimum atomic E-state index is -4.77. The molecule has 0 aliphatic rings. The smallest absolute Gasteiger partial charge is 0.433 e. The van der Waals surface area contributed by atoms with E-state index in [9.17, 15) is 23.1 Å². The SMILES string of the molecule is Cc1ccc(O)c(C)c1-n1c(N)c(C(N)=O)c2c(C(F)(F)F)n(C)nc21. The number of hydrogen-bond acceptors (Lipinski definition) is 4. The summed E-state index contributed by atoms with van der Waals surface area (Å²) in [6.45, 7) is 3.28. The number of aryl methyl sites for hydroxylation is 2. The van der Waals surface area contributed by atoms with Crippen LogP contribution >= 0.6 is 0 Å². The average Bonchev–Trinajstić information content (AvgIpc) is 2.95. The molecule has 0 atom stereocenters. The number of anilines is 1. The van der Waals surface area contributed by atoms with E-state index in [0.717, 1.165) is 7.05 Å². The van der Waals surface area contributed by atoms with Crippen LogP contribution in [0.25, 0.3) is 16.7 Å². The van der Waals surface area contributed by atoms with Gasteiger partial charge in [0.1, 0.15) is 11.6 Å². The quantitative estimate of drug-likeness (QED) is 0.645. The number of carbonyl (C=O) groups excluding carboxylic acids is 1. The third-order valence-electron chi connectivity index (χ3n) is 4.33. The number of phenolic OH excluding ortho intramolecular Hbond substituents is 1. The molecule has 0 aliphatic heterocycles. The molecule has 0 radical (unpaired) electrons. The number of nitrogens with zero attached hydrogens (tertiary/aromatic N) is 3. The summed E-state index contributed by atoms with van der Waals surface area (Å²) in [5, 5.41) is 13.5. The van der Waals surface area contributed by atoms with E-state index in [1.807, 2.05) is 0 Å². The molecule has 10 heteroatoms. The summed E-state index contributed by atoms with van der Waals surface area (Å²) >= 11 is 0. The minimum Gasteiger partial charge on any atom is -0.508 e. The van der Waals surface area contributed by atoms with Crippen LogP contribution in [0.3, 0.4) is 0 Å². The fourth-order valence-electron chi connectivity index (χ4n) is 3.22. The van der Waals surface area contributed by atoms with Crippen molar-refractivity contribution >= 4 is 22.8 Å². The van der Waals surface area contributed by atoms with Gasteiger partial charge in [0, 0.05) is 12.6 Å². The van der Waals surface area contributed by atoms with Gasteiger partial charge in [-0.15, -0.1) is 0 Å². The maximum atomic E-state index is 13.5. The lowest BCUT2D eigenvalue weighted by molar-refractivity contribution is -0.142. The van der Waals surface area contributed by atoms with E-state index in [-0.39, 0.29) is 17.2 Å². The first-order valence-electron chi connectivity index (χ1n) is 7.50. The topological polar surface area (TPSA) is 112 Å². The number of halogens is 3. The van der Waals surface area contributed by atoms with Crippen LogP contribution in [0.1, 0.15) is 27.2 Å². The highest BCUT2D eigenvalue weighted by molar-refractivity contribution is 6.12. The van der Waals surface area contributed by atoms with Crippen molar-refractivity contribution < 1.29 is 23.1 Å². The maximum absolute atomic E-state index is 13.5. The molecule has 0 bridgehead atoms. The second-order valence-corrected chi connectivity index (χ2v) is 6.00. The maximum Gasteiger partial charge on any atom is 0.433 e. The number of rotatable bonds is 2. The van der Waals surface area contributed by atoms with Gasteiger partial charge >= 0.3 is 6.18 Å². The molecule has 26 heavy (non-hydrogen) atoms. The molecule has 0 fully saturated rings. The molecule has 3 aromatic rings. The van der Waals surface area contributed by atoms with Crippen molar-refractivity contribution in [2.24, 2.45) is 12.8 Å². The molecule has 138 valence electrons. The van der Waals surface area contributed by atoms with E-state index in [4.69, 9.17) is 11.5 Å². The van der Waals surface area contributed by atoms with E-state index in [1.165, 1.54) is 10.6 Å². The Balaban J connectivity index is 2.57. The van der Waals surface area contributed by atoms with Crippen molar-refractivity contribution in [3.05, 3.63) is 34.5 Å². The molecule has 0 unspecified atom stereocenters. The zero-order chi connectivity index (χ0) is 19.5. The predicted molar refractivity (Wildman–Crippen MR) is 89.1 cm³/mol. The lowest BCUT2D eigenvalue weighted by atomic mass is 10.1. The number of hydrogen-bond donors (Lipinski definition) is 3. The normalized spacial score (nSPS) is 12.1. The summed E-state index contributed by atoms with van der Waals surface area (Å²) < 4.78 is 42.4. The number of phenols is 1. The van der Waals surface area contributed by atoms with Crippen LogP contribution in [-0.2, 0) is 13.2 Å². The number of fused-ring (bicyclic) bond motifs is 1. The lowest BCUT2D eigenvalue weighted by Gasteiger charge is -2.15. The Morgan fingerprint density at radius 2 is 1.88 bits per heavy atom. The van der Waals surface area contributed by atoms with Crippen LogP contribution in [0.15, 0.2) is 12.1 Å². The van der Waals surface area contributed by atoms with Gasteiger partial charge in [-0.25, -0.2) is 0 Å². The van der Waals surface area contributed by atoms with Gasteiger partial charge in [0.15, 0.2) is 11.3 Å². The van der Waals surface area contributed by atoms with E-state index in [0.29, 0.717) is 21.5 Å². The summed E-state index contributed by atoms with van der Waals surface area (Å²) in [6, 6.07) is 3.04. The molecule has 2 heterocycles. The van der Waals surface area contributed by atoms with Gasteiger partial charge in [0.2, 0.25) is 0 Å². The molecule has 0 saturated carbocycles. The highest BCUT2D eigenvalue weighted by atomic mass is 19.4. The fraction of sp³-hybridized carbons (Fsp3) is 0.250. The van der Waals surface area contributed by atoms with Gasteiger partial charge in [-0.3, -0.25) is 14.0 Å². The largest absolute Gasteiger partial charge is 0.508 e. The van der Waals surface area contributed by atoms with Crippen LogP contribution in [0, 0.1) is 13.8 Å². The molecular weight excluding hydrogens is 351 g/mol. The monoisotopic (exact) mass is 367 g/mol. The van der Waals surface area contributed by atoms with Crippen LogP contribution < -0.4 is 11.5 Å². The summed E-state index contributed by atoms with van der Waals surface area (Å²) in [5.74, 6) is -1.43. The number of aromatic nitrogens is 3. The van der Waals surface area contributed by atoms with Crippen LogP contribution in [-0.4, -0.2) is 25.4 Å². The molecule has 3 rings (SSSR count). The average molecular weight is 367 g/mol. The predicted octanol–water partition coefficient (Wildman–Crippen LogP) is 2.39. The molecule has 0 saturated heterocycles. The van der Waals surface area contributed by atoms with E-state index < -0.39 is 28.7 Å². The Bertz CT molecular complexity index is 1060. The van der Waals surface area contributed by atoms with Crippen molar-refractivity contribution in [3.8, 4) is 11.4 Å². The van der Waals surface area contributed by atoms with Crippen LogP contribution in [0.5, 0.6) is 5.75 Å². The van der Waals surface area contributed by atoms with E-state index in [2.05, 4.69) is 5.10 Å². The molecule has 7 nitrogen and oxygen atoms in total. The number of primary amides is 1. The number of aromatic hydroxyl groups is 1. The second kappa shape index (κ2) is 5.41. The van der Waals surface area contributed by atoms with E-state index in [1.54, 1.807) is 19.9 Å². The standard InChI is InChI=1S/C16H16F3N5O2/c1-6-4-5-8(25)7(2)11(6)24-13(20)10(14(21)26)9-12(16(17,18)19)23(3)22-15(9)24/h4-5,25H,20H2,1-3H3,(H2,21,26). The summed E-state index contributed by atoms with van der Waals surface area (Å²) in [4.78, 5) is 11.9. The van der Waals surface area contributed by atoms with Gasteiger partial charge < -0.3 is 16.6 Å². The summed E-state index contributed by atoms with van der Waals surface area (Å²) in [6.07, 6.45) is -4.77. The number of amides is 1. The molecule has 0 aliphatic carbocycles. The second-order valence-electron chi connectivity index (χ2n) is 6.00. The fourth-order valence-corrected chi connectivity index (χ4v) is 3.22. The Hall–Kier alpha value is -3.17. The Labute approximate surface area is 145 Å². The van der Waals surface area contributed by atoms with Crippen molar-refractivity contribution in [1.82, 2.24) is 14.3 Å². The van der Waals surface area contributed by atoms with E-state index >= 15 is 0 Å². The number of carbonyl (C=O) groups is 1. The number of nitrogens with two attached hydrogens (primary N) is 2. The van der Waals surface area contributed by atoms with Gasteiger partial charge in [0.05, 0.1) is 16.6 Å². The molecular formula is C16H16F3N5O2. The third-order valence-corrected chi connectivity index (χ3v) is 4.33. The molecule has 2 aromatic heterocycles. The first-order valence-corrected chi connectivity index (χ1v) is 7.50. The molecule has 1 aromatic carbocycles. The highest BCUT2D eigenvalue weighted by Gasteiger charge is 2.41. The molecule has 5 N–H and O–H groups in total.